The first-order valence-corrected chi connectivity index (χ1v) is 12.8. The summed E-state index contributed by atoms with van der Waals surface area (Å²) in [6.45, 7) is 3.20. The molecule has 0 radical (unpaired) electrons. The highest BCUT2D eigenvalue weighted by Crippen LogP contribution is 2.33. The summed E-state index contributed by atoms with van der Waals surface area (Å²) in [5, 5.41) is 3.47. The van der Waals surface area contributed by atoms with Crippen LogP contribution in [0, 0.1) is 5.92 Å². The molecule has 0 bridgehead atoms. The van der Waals surface area contributed by atoms with Gasteiger partial charge in [-0.15, -0.1) is 0 Å². The molecule has 1 N–H and O–H groups in total. The van der Waals surface area contributed by atoms with Crippen molar-refractivity contribution in [3.8, 4) is 0 Å². The van der Waals surface area contributed by atoms with Crippen LogP contribution in [-0.4, -0.2) is 37.0 Å². The fraction of sp³-hybridized carbons (Fsp3) is 0.219. The van der Waals surface area contributed by atoms with Gasteiger partial charge in [0, 0.05) is 17.9 Å². The average molecular weight is 476 g/mol. The standard InChI is InChI=1S/C32H33N3O/c36-31(35(29-17-9-3-10-18-29)30-19-11-4-12-20-30)24-33-23-26-21-22-34(25-26)32(27-13-5-1-6-14-27)28-15-7-2-8-16-28/h1-20,26,32-33H,21-25H2/t26-/m1/s1. The van der Waals surface area contributed by atoms with Crippen molar-refractivity contribution in [2.75, 3.05) is 31.1 Å². The van der Waals surface area contributed by atoms with Crippen LogP contribution in [0.5, 0.6) is 0 Å². The molecule has 1 fully saturated rings. The van der Waals surface area contributed by atoms with Gasteiger partial charge in [0.25, 0.3) is 0 Å². The van der Waals surface area contributed by atoms with Crippen LogP contribution in [0.15, 0.2) is 121 Å². The Morgan fingerprint density at radius 2 is 1.22 bits per heavy atom. The Morgan fingerprint density at radius 3 is 1.72 bits per heavy atom. The highest BCUT2D eigenvalue weighted by Gasteiger charge is 2.30. The number of benzene rings is 4. The number of amides is 1. The zero-order chi connectivity index (χ0) is 24.6. The Labute approximate surface area is 214 Å². The quantitative estimate of drug-likeness (QED) is 0.320. The van der Waals surface area contributed by atoms with Gasteiger partial charge in [0.1, 0.15) is 0 Å². The third-order valence-corrected chi connectivity index (χ3v) is 6.90. The minimum Gasteiger partial charge on any atom is -0.308 e. The number of nitrogens with one attached hydrogen (secondary N) is 1. The molecule has 1 aliphatic rings. The third-order valence-electron chi connectivity index (χ3n) is 6.90. The molecule has 0 saturated carbocycles. The monoisotopic (exact) mass is 475 g/mol. The lowest BCUT2D eigenvalue weighted by Crippen LogP contribution is -2.37. The minimum atomic E-state index is 0.0497. The maximum absolute atomic E-state index is 13.3. The Hall–Kier alpha value is -3.73. The molecule has 4 aromatic carbocycles. The van der Waals surface area contributed by atoms with Crippen molar-refractivity contribution in [1.29, 1.82) is 0 Å². The molecule has 0 aromatic heterocycles. The molecule has 0 unspecified atom stereocenters. The number of hydrogen-bond donors (Lipinski definition) is 1. The summed E-state index contributed by atoms with van der Waals surface area (Å²) in [7, 11) is 0. The number of rotatable bonds is 9. The van der Waals surface area contributed by atoms with Crippen molar-refractivity contribution in [2.45, 2.75) is 12.5 Å². The second kappa shape index (κ2) is 11.8. The van der Waals surface area contributed by atoms with Crippen molar-refractivity contribution in [3.63, 3.8) is 0 Å². The molecule has 1 heterocycles. The Bertz CT molecular complexity index is 1140. The van der Waals surface area contributed by atoms with E-state index in [0.29, 0.717) is 12.5 Å². The molecule has 4 aromatic rings. The van der Waals surface area contributed by atoms with Crippen LogP contribution in [0.25, 0.3) is 0 Å². The van der Waals surface area contributed by atoms with Gasteiger partial charge in [-0.3, -0.25) is 14.6 Å². The van der Waals surface area contributed by atoms with Crippen molar-refractivity contribution < 1.29 is 4.79 Å². The van der Waals surface area contributed by atoms with E-state index in [9.17, 15) is 4.79 Å². The highest BCUT2D eigenvalue weighted by molar-refractivity contribution is 6.01. The van der Waals surface area contributed by atoms with Crippen LogP contribution in [0.3, 0.4) is 0 Å². The number of carbonyl (C=O) groups is 1. The van der Waals surface area contributed by atoms with Gasteiger partial charge < -0.3 is 5.32 Å². The Balaban J connectivity index is 1.22. The molecule has 1 atom stereocenters. The summed E-state index contributed by atoms with van der Waals surface area (Å²) in [5.74, 6) is 0.559. The smallest absolute Gasteiger partial charge is 0.245 e. The zero-order valence-electron chi connectivity index (χ0n) is 20.5. The van der Waals surface area contributed by atoms with E-state index in [1.54, 1.807) is 4.90 Å². The van der Waals surface area contributed by atoms with Gasteiger partial charge in [-0.2, -0.15) is 0 Å². The Kier molecular flexibility index (Phi) is 7.86. The molecule has 182 valence electrons. The van der Waals surface area contributed by atoms with E-state index in [4.69, 9.17) is 0 Å². The predicted molar refractivity (Wildman–Crippen MR) is 147 cm³/mol. The first-order chi connectivity index (χ1) is 17.8. The summed E-state index contributed by atoms with van der Waals surface area (Å²) in [6.07, 6.45) is 1.12. The number of anilines is 2. The summed E-state index contributed by atoms with van der Waals surface area (Å²) in [5.41, 5.74) is 4.43. The van der Waals surface area contributed by atoms with Gasteiger partial charge in [0.05, 0.1) is 12.6 Å². The lowest BCUT2D eigenvalue weighted by atomic mass is 9.97. The fourth-order valence-corrected chi connectivity index (χ4v) is 5.20. The first-order valence-electron chi connectivity index (χ1n) is 12.8. The molecule has 1 saturated heterocycles. The van der Waals surface area contributed by atoms with Crippen LogP contribution in [0.4, 0.5) is 11.4 Å². The molecular weight excluding hydrogens is 442 g/mol. The van der Waals surface area contributed by atoms with E-state index in [1.165, 1.54) is 11.1 Å². The summed E-state index contributed by atoms with van der Waals surface area (Å²) < 4.78 is 0. The van der Waals surface area contributed by atoms with Crippen LogP contribution in [0.2, 0.25) is 0 Å². The van der Waals surface area contributed by atoms with Crippen molar-refractivity contribution in [1.82, 2.24) is 10.2 Å². The molecule has 1 amide bonds. The normalized spacial score (nSPS) is 15.8. The average Bonchev–Trinajstić information content (AvgIpc) is 3.40. The van der Waals surface area contributed by atoms with Gasteiger partial charge >= 0.3 is 0 Å². The van der Waals surface area contributed by atoms with E-state index in [2.05, 4.69) is 70.9 Å². The van der Waals surface area contributed by atoms with E-state index in [0.717, 1.165) is 37.4 Å². The lowest BCUT2D eigenvalue weighted by molar-refractivity contribution is -0.117. The zero-order valence-corrected chi connectivity index (χ0v) is 20.5. The summed E-state index contributed by atoms with van der Waals surface area (Å²) in [6, 6.07) is 41.5. The van der Waals surface area contributed by atoms with E-state index in [1.807, 2.05) is 60.7 Å². The summed E-state index contributed by atoms with van der Waals surface area (Å²) >= 11 is 0. The number of carbonyl (C=O) groups excluding carboxylic acids is 1. The molecule has 0 aliphatic carbocycles. The minimum absolute atomic E-state index is 0.0497. The largest absolute Gasteiger partial charge is 0.308 e. The van der Waals surface area contributed by atoms with Gasteiger partial charge in [-0.1, -0.05) is 97.1 Å². The SMILES string of the molecule is O=C(CNC[C@H]1CCN(C(c2ccccc2)c2ccccc2)C1)N(c1ccccc1)c1ccccc1. The number of nitrogens with zero attached hydrogens (tertiary/aromatic N) is 2. The van der Waals surface area contributed by atoms with Gasteiger partial charge in [0.2, 0.25) is 5.91 Å². The van der Waals surface area contributed by atoms with Crippen molar-refractivity contribution in [2.24, 2.45) is 5.92 Å². The number of likely N-dealkylation sites (tertiary alicyclic amines) is 1. The second-order valence-electron chi connectivity index (χ2n) is 9.40. The van der Waals surface area contributed by atoms with E-state index < -0.39 is 0 Å². The molecule has 1 aliphatic heterocycles. The molecule has 0 spiro atoms. The number of hydrogen-bond acceptors (Lipinski definition) is 3. The molecular formula is C32H33N3O. The fourth-order valence-electron chi connectivity index (χ4n) is 5.20. The van der Waals surface area contributed by atoms with Gasteiger partial charge in [0.15, 0.2) is 0 Å². The maximum Gasteiger partial charge on any atom is 0.245 e. The third kappa shape index (κ3) is 5.73. The van der Waals surface area contributed by atoms with Gasteiger partial charge in [-0.05, 0) is 60.8 Å². The van der Waals surface area contributed by atoms with Crippen molar-refractivity contribution in [3.05, 3.63) is 132 Å². The van der Waals surface area contributed by atoms with Crippen LogP contribution >= 0.6 is 0 Å². The molecule has 36 heavy (non-hydrogen) atoms. The predicted octanol–water partition coefficient (Wildman–Crippen LogP) is 6.05. The second-order valence-corrected chi connectivity index (χ2v) is 9.40. The number of para-hydroxylation sites is 2. The van der Waals surface area contributed by atoms with Crippen molar-refractivity contribution >= 4 is 17.3 Å². The first kappa shape index (κ1) is 24.0. The van der Waals surface area contributed by atoms with Crippen LogP contribution in [0.1, 0.15) is 23.6 Å². The maximum atomic E-state index is 13.3. The molecule has 4 heteroatoms. The topological polar surface area (TPSA) is 35.6 Å². The Morgan fingerprint density at radius 1 is 0.750 bits per heavy atom. The lowest BCUT2D eigenvalue weighted by Gasteiger charge is -2.29. The molecule has 5 rings (SSSR count). The summed E-state index contributed by atoms with van der Waals surface area (Å²) in [4.78, 5) is 17.7. The van der Waals surface area contributed by atoms with E-state index in [-0.39, 0.29) is 11.9 Å². The van der Waals surface area contributed by atoms with Crippen LogP contribution < -0.4 is 10.2 Å². The van der Waals surface area contributed by atoms with Crippen LogP contribution in [-0.2, 0) is 4.79 Å². The van der Waals surface area contributed by atoms with E-state index >= 15 is 0 Å². The molecule has 4 nitrogen and oxygen atoms in total. The highest BCUT2D eigenvalue weighted by atomic mass is 16.2. The van der Waals surface area contributed by atoms with Gasteiger partial charge in [-0.25, -0.2) is 0 Å².